The Bertz CT molecular complexity index is 455. The summed E-state index contributed by atoms with van der Waals surface area (Å²) in [5.41, 5.74) is 6.27. The van der Waals surface area contributed by atoms with E-state index in [1.165, 1.54) is 16.2 Å². The minimum absolute atomic E-state index is 0.311. The van der Waals surface area contributed by atoms with Crippen molar-refractivity contribution in [2.45, 2.75) is 25.4 Å². The molecule has 0 bridgehead atoms. The summed E-state index contributed by atoms with van der Waals surface area (Å²) in [6.45, 7) is 2.00. The van der Waals surface area contributed by atoms with E-state index in [4.69, 9.17) is 5.73 Å². The van der Waals surface area contributed by atoms with Crippen molar-refractivity contribution in [3.63, 3.8) is 0 Å². The molecule has 1 amide bonds. The Balaban J connectivity index is 2.37. The maximum absolute atomic E-state index is 11.9. The smallest absolute Gasteiger partial charge is 0.331 e. The van der Waals surface area contributed by atoms with Crippen LogP contribution in [0.15, 0.2) is 11.4 Å². The molecule has 0 radical (unpaired) electrons. The van der Waals surface area contributed by atoms with Gasteiger partial charge in [-0.05, 0) is 30.4 Å². The molecule has 0 fully saturated rings. The molecular weight excluding hydrogens is 240 g/mol. The standard InChI is InChI=1S/C11H14N2O3S/c1-6(12)10(14)13-4-2-8-7(3-5-17-8)9(13)11(15)16/h3,5-6,9H,2,4,12H2,1H3,(H,15,16)/t6-,9?/m1/s1. The van der Waals surface area contributed by atoms with Crippen molar-refractivity contribution in [3.05, 3.63) is 21.9 Å². The lowest BCUT2D eigenvalue weighted by molar-refractivity contribution is -0.151. The number of fused-ring (bicyclic) bond motifs is 1. The van der Waals surface area contributed by atoms with E-state index in [1.54, 1.807) is 13.0 Å². The third-order valence-corrected chi connectivity index (χ3v) is 3.87. The molecule has 5 nitrogen and oxygen atoms in total. The van der Waals surface area contributed by atoms with Gasteiger partial charge in [-0.3, -0.25) is 4.79 Å². The van der Waals surface area contributed by atoms with Gasteiger partial charge in [0.1, 0.15) is 0 Å². The number of nitrogens with two attached hydrogens (primary N) is 1. The van der Waals surface area contributed by atoms with Crippen LogP contribution in [0.5, 0.6) is 0 Å². The van der Waals surface area contributed by atoms with Crippen LogP contribution in [0.4, 0.5) is 0 Å². The first kappa shape index (κ1) is 12.1. The Morgan fingerprint density at radius 1 is 1.65 bits per heavy atom. The van der Waals surface area contributed by atoms with E-state index < -0.39 is 18.1 Å². The van der Waals surface area contributed by atoms with Crippen molar-refractivity contribution in [3.8, 4) is 0 Å². The molecular formula is C11H14N2O3S. The predicted octanol–water partition coefficient (Wildman–Crippen LogP) is 0.606. The summed E-state index contributed by atoms with van der Waals surface area (Å²) in [5, 5.41) is 11.1. The number of carboxylic acids is 1. The quantitative estimate of drug-likeness (QED) is 0.809. The second kappa shape index (κ2) is 4.46. The summed E-state index contributed by atoms with van der Waals surface area (Å²) in [6.07, 6.45) is 0.704. The Labute approximate surface area is 103 Å². The molecule has 6 heteroatoms. The van der Waals surface area contributed by atoms with Crippen LogP contribution in [-0.4, -0.2) is 34.5 Å². The van der Waals surface area contributed by atoms with Crippen molar-refractivity contribution in [1.29, 1.82) is 0 Å². The van der Waals surface area contributed by atoms with E-state index >= 15 is 0 Å². The number of rotatable bonds is 2. The predicted molar refractivity (Wildman–Crippen MR) is 63.8 cm³/mol. The van der Waals surface area contributed by atoms with Gasteiger partial charge in [0.05, 0.1) is 6.04 Å². The highest BCUT2D eigenvalue weighted by Crippen LogP contribution is 2.33. The zero-order valence-electron chi connectivity index (χ0n) is 9.42. The van der Waals surface area contributed by atoms with Gasteiger partial charge in [0.25, 0.3) is 0 Å². The van der Waals surface area contributed by atoms with Crippen molar-refractivity contribution < 1.29 is 14.7 Å². The lowest BCUT2D eigenvalue weighted by Crippen LogP contribution is -2.48. The van der Waals surface area contributed by atoms with Crippen LogP contribution >= 0.6 is 11.3 Å². The van der Waals surface area contributed by atoms with E-state index in [-0.39, 0.29) is 5.91 Å². The number of carbonyl (C=O) groups excluding carboxylic acids is 1. The highest BCUT2D eigenvalue weighted by atomic mass is 32.1. The van der Waals surface area contributed by atoms with Crippen LogP contribution in [-0.2, 0) is 16.0 Å². The maximum atomic E-state index is 11.9. The highest BCUT2D eigenvalue weighted by molar-refractivity contribution is 7.10. The number of carbonyl (C=O) groups is 2. The van der Waals surface area contributed by atoms with Gasteiger partial charge in [-0.2, -0.15) is 0 Å². The molecule has 1 aliphatic rings. The SMILES string of the molecule is C[C@@H](N)C(=O)N1CCc2sccc2C1C(=O)O. The monoisotopic (exact) mass is 254 g/mol. The summed E-state index contributed by atoms with van der Waals surface area (Å²) in [6, 6.07) is 0.222. The summed E-state index contributed by atoms with van der Waals surface area (Å²) in [5.74, 6) is -1.31. The third-order valence-electron chi connectivity index (χ3n) is 2.87. The molecule has 92 valence electrons. The molecule has 1 aromatic heterocycles. The Hall–Kier alpha value is -1.40. The fraction of sp³-hybridized carbons (Fsp3) is 0.455. The van der Waals surface area contributed by atoms with Gasteiger partial charge >= 0.3 is 5.97 Å². The molecule has 0 aliphatic carbocycles. The zero-order valence-corrected chi connectivity index (χ0v) is 10.2. The van der Waals surface area contributed by atoms with Crippen LogP contribution < -0.4 is 5.73 Å². The molecule has 3 N–H and O–H groups in total. The normalized spacial score (nSPS) is 20.8. The molecule has 1 aromatic rings. The van der Waals surface area contributed by atoms with Crippen molar-refractivity contribution in [2.24, 2.45) is 5.73 Å². The molecule has 17 heavy (non-hydrogen) atoms. The number of aliphatic carboxylic acids is 1. The van der Waals surface area contributed by atoms with Crippen molar-refractivity contribution in [1.82, 2.24) is 4.90 Å². The minimum atomic E-state index is -1.00. The molecule has 0 spiro atoms. The van der Waals surface area contributed by atoms with Crippen molar-refractivity contribution >= 4 is 23.2 Å². The van der Waals surface area contributed by atoms with Crippen LogP contribution in [0.1, 0.15) is 23.4 Å². The second-order valence-corrected chi connectivity index (χ2v) is 5.11. The van der Waals surface area contributed by atoms with Gasteiger partial charge in [-0.15, -0.1) is 11.3 Å². The average molecular weight is 254 g/mol. The van der Waals surface area contributed by atoms with Gasteiger partial charge in [0, 0.05) is 11.4 Å². The zero-order chi connectivity index (χ0) is 12.6. The first-order valence-corrected chi connectivity index (χ1v) is 6.25. The Morgan fingerprint density at radius 3 is 2.94 bits per heavy atom. The van der Waals surface area contributed by atoms with Crippen LogP contribution in [0.2, 0.25) is 0 Å². The molecule has 0 saturated carbocycles. The third kappa shape index (κ3) is 2.05. The average Bonchev–Trinajstić information content (AvgIpc) is 2.73. The fourth-order valence-electron chi connectivity index (χ4n) is 2.08. The molecule has 1 unspecified atom stereocenters. The number of hydrogen-bond donors (Lipinski definition) is 2. The Morgan fingerprint density at radius 2 is 2.35 bits per heavy atom. The van der Waals surface area contributed by atoms with Gasteiger partial charge in [0.2, 0.25) is 5.91 Å². The van der Waals surface area contributed by atoms with Crippen LogP contribution in [0.25, 0.3) is 0 Å². The lowest BCUT2D eigenvalue weighted by Gasteiger charge is -2.34. The second-order valence-electron chi connectivity index (χ2n) is 4.11. The van der Waals surface area contributed by atoms with E-state index in [0.29, 0.717) is 13.0 Å². The van der Waals surface area contributed by atoms with Gasteiger partial charge in [-0.1, -0.05) is 0 Å². The van der Waals surface area contributed by atoms with E-state index in [2.05, 4.69) is 0 Å². The van der Waals surface area contributed by atoms with E-state index in [9.17, 15) is 14.7 Å². The highest BCUT2D eigenvalue weighted by Gasteiger charge is 2.37. The molecule has 2 atom stereocenters. The van der Waals surface area contributed by atoms with Gasteiger partial charge in [-0.25, -0.2) is 4.79 Å². The molecule has 0 saturated heterocycles. The molecule has 1 aliphatic heterocycles. The number of thiophene rings is 1. The summed E-state index contributed by atoms with van der Waals surface area (Å²) >= 11 is 1.54. The van der Waals surface area contributed by atoms with Crippen molar-refractivity contribution in [2.75, 3.05) is 6.54 Å². The lowest BCUT2D eigenvalue weighted by atomic mass is 9.99. The number of amides is 1. The van der Waals surface area contributed by atoms with Crippen LogP contribution in [0, 0.1) is 0 Å². The van der Waals surface area contributed by atoms with E-state index in [1.807, 2.05) is 5.38 Å². The molecule has 0 aromatic carbocycles. The number of nitrogens with zero attached hydrogens (tertiary/aromatic N) is 1. The first-order chi connectivity index (χ1) is 8.02. The molecule has 2 heterocycles. The van der Waals surface area contributed by atoms with Gasteiger partial charge in [0.15, 0.2) is 6.04 Å². The topological polar surface area (TPSA) is 83.6 Å². The summed E-state index contributed by atoms with van der Waals surface area (Å²) < 4.78 is 0. The summed E-state index contributed by atoms with van der Waals surface area (Å²) in [7, 11) is 0. The summed E-state index contributed by atoms with van der Waals surface area (Å²) in [4.78, 5) is 25.6. The minimum Gasteiger partial charge on any atom is -0.479 e. The first-order valence-electron chi connectivity index (χ1n) is 5.37. The maximum Gasteiger partial charge on any atom is 0.331 e. The number of hydrogen-bond acceptors (Lipinski definition) is 4. The number of carboxylic acid groups (broad SMARTS) is 1. The fourth-order valence-corrected chi connectivity index (χ4v) is 2.99. The van der Waals surface area contributed by atoms with E-state index in [0.717, 1.165) is 10.4 Å². The Kier molecular flexibility index (Phi) is 3.17. The molecule has 2 rings (SSSR count). The van der Waals surface area contributed by atoms with Gasteiger partial charge < -0.3 is 15.7 Å². The van der Waals surface area contributed by atoms with Crippen LogP contribution in [0.3, 0.4) is 0 Å². The largest absolute Gasteiger partial charge is 0.479 e.